The summed E-state index contributed by atoms with van der Waals surface area (Å²) >= 11 is 7.12. The third-order valence-electron chi connectivity index (χ3n) is 4.32. The number of hydrogen-bond acceptors (Lipinski definition) is 5. The molecule has 4 aromatic heterocycles. The zero-order valence-corrected chi connectivity index (χ0v) is 18.3. The number of carbonyl (C=O) groups excluding carboxylic acids is 1. The minimum atomic E-state index is 0.830. The molecule has 4 aromatic rings. The zero-order valence-electron chi connectivity index (χ0n) is 15.0. The van der Waals surface area contributed by atoms with Crippen molar-refractivity contribution in [2.45, 2.75) is 27.7 Å². The highest BCUT2D eigenvalue weighted by Gasteiger charge is 2.16. The van der Waals surface area contributed by atoms with Crippen LogP contribution in [0.2, 0.25) is 0 Å². The number of aldehydes is 1. The Morgan fingerprint density at radius 3 is 1.77 bits per heavy atom. The van der Waals surface area contributed by atoms with Crippen molar-refractivity contribution in [1.82, 2.24) is 0 Å². The third kappa shape index (κ3) is 3.14. The molecule has 0 saturated heterocycles. The lowest BCUT2D eigenvalue weighted by Gasteiger charge is -1.93. The van der Waals surface area contributed by atoms with E-state index in [9.17, 15) is 4.79 Å². The third-order valence-corrected chi connectivity index (χ3v) is 9.56. The highest BCUT2D eigenvalue weighted by atomic mass is 32.1. The van der Waals surface area contributed by atoms with Crippen LogP contribution in [-0.4, -0.2) is 6.29 Å². The second-order valence-electron chi connectivity index (χ2n) is 6.51. The van der Waals surface area contributed by atoms with Gasteiger partial charge in [-0.05, 0) is 79.6 Å². The van der Waals surface area contributed by atoms with Crippen LogP contribution in [0.3, 0.4) is 0 Å². The second-order valence-corrected chi connectivity index (χ2v) is 10.6. The number of rotatable bonds is 4. The van der Waals surface area contributed by atoms with Gasteiger partial charge in [-0.2, -0.15) is 0 Å². The van der Waals surface area contributed by atoms with Crippen molar-refractivity contribution in [2.75, 3.05) is 0 Å². The van der Waals surface area contributed by atoms with Crippen LogP contribution < -0.4 is 0 Å². The molecule has 0 fully saturated rings. The SMILES string of the molecule is Cc1csc(-c2sc(-c3cc(C)c(-c4cc(C)c(C=O)s4)s3)cc2C)c1. The Labute approximate surface area is 169 Å². The molecule has 4 rings (SSSR count). The van der Waals surface area contributed by atoms with Crippen LogP contribution in [0.25, 0.3) is 29.3 Å². The molecule has 0 atom stereocenters. The lowest BCUT2D eigenvalue weighted by molar-refractivity contribution is 0.112. The molecule has 4 heterocycles. The number of aryl methyl sites for hydroxylation is 4. The maximum Gasteiger partial charge on any atom is 0.160 e. The molecule has 0 amide bonds. The van der Waals surface area contributed by atoms with E-state index in [-0.39, 0.29) is 0 Å². The minimum Gasteiger partial charge on any atom is -0.297 e. The van der Waals surface area contributed by atoms with Crippen LogP contribution in [-0.2, 0) is 0 Å². The van der Waals surface area contributed by atoms with Crippen LogP contribution in [0.1, 0.15) is 31.9 Å². The Hall–Kier alpha value is -1.53. The van der Waals surface area contributed by atoms with Crippen molar-refractivity contribution in [3.8, 4) is 29.3 Å². The van der Waals surface area contributed by atoms with Crippen LogP contribution in [0.5, 0.6) is 0 Å². The van der Waals surface area contributed by atoms with E-state index in [1.165, 1.54) is 46.0 Å². The van der Waals surface area contributed by atoms with Gasteiger partial charge in [-0.1, -0.05) is 0 Å². The van der Waals surface area contributed by atoms with Crippen molar-refractivity contribution in [1.29, 1.82) is 0 Å². The topological polar surface area (TPSA) is 17.1 Å². The van der Waals surface area contributed by atoms with Gasteiger partial charge in [-0.15, -0.1) is 45.3 Å². The molecule has 0 aliphatic rings. The van der Waals surface area contributed by atoms with Crippen LogP contribution in [0.15, 0.2) is 29.6 Å². The van der Waals surface area contributed by atoms with Gasteiger partial charge >= 0.3 is 0 Å². The maximum atomic E-state index is 11.2. The van der Waals surface area contributed by atoms with Gasteiger partial charge in [-0.3, -0.25) is 4.79 Å². The lowest BCUT2D eigenvalue weighted by Crippen LogP contribution is -1.72. The van der Waals surface area contributed by atoms with E-state index in [1.54, 1.807) is 11.3 Å². The number of thiophene rings is 4. The Morgan fingerprint density at radius 1 is 0.692 bits per heavy atom. The maximum absolute atomic E-state index is 11.2. The largest absolute Gasteiger partial charge is 0.297 e. The molecule has 26 heavy (non-hydrogen) atoms. The van der Waals surface area contributed by atoms with Crippen molar-refractivity contribution in [3.63, 3.8) is 0 Å². The van der Waals surface area contributed by atoms with E-state index >= 15 is 0 Å². The van der Waals surface area contributed by atoms with E-state index in [1.807, 2.05) is 40.9 Å². The van der Waals surface area contributed by atoms with Gasteiger partial charge in [0.2, 0.25) is 0 Å². The van der Waals surface area contributed by atoms with Gasteiger partial charge in [0.1, 0.15) is 0 Å². The Balaban J connectivity index is 1.74. The smallest absolute Gasteiger partial charge is 0.160 e. The van der Waals surface area contributed by atoms with E-state index in [4.69, 9.17) is 0 Å². The molecule has 0 spiro atoms. The average Bonchev–Trinajstić information content (AvgIpc) is 3.34. The average molecular weight is 415 g/mol. The molecule has 0 unspecified atom stereocenters. The Bertz CT molecular complexity index is 1100. The highest BCUT2D eigenvalue weighted by molar-refractivity contribution is 7.28. The van der Waals surface area contributed by atoms with E-state index in [0.29, 0.717) is 0 Å². The zero-order chi connectivity index (χ0) is 18.4. The van der Waals surface area contributed by atoms with Crippen LogP contribution in [0, 0.1) is 27.7 Å². The fourth-order valence-electron chi connectivity index (χ4n) is 2.97. The lowest BCUT2D eigenvalue weighted by atomic mass is 10.2. The molecule has 0 radical (unpaired) electrons. The molecule has 0 N–H and O–H groups in total. The van der Waals surface area contributed by atoms with Gasteiger partial charge in [0.05, 0.1) is 4.88 Å². The molecular formula is C21H18OS4. The standard InChI is InChI=1S/C21H18OS4/c1-11-5-17(23-10-11)20-13(3)7-15(25-20)16-8-14(4)21(26-16)18-6-12(2)19(9-22)24-18/h5-10H,1-4H3. The molecule has 5 heteroatoms. The van der Waals surface area contributed by atoms with Gasteiger partial charge in [0.25, 0.3) is 0 Å². The first-order valence-corrected chi connectivity index (χ1v) is 11.6. The molecule has 0 saturated carbocycles. The van der Waals surface area contributed by atoms with Gasteiger partial charge < -0.3 is 0 Å². The van der Waals surface area contributed by atoms with Gasteiger partial charge in [-0.25, -0.2) is 0 Å². The summed E-state index contributed by atoms with van der Waals surface area (Å²) in [5.41, 5.74) is 5.02. The molecule has 1 nitrogen and oxygen atoms in total. The van der Waals surface area contributed by atoms with Crippen LogP contribution in [0.4, 0.5) is 0 Å². The quantitative estimate of drug-likeness (QED) is 0.309. The predicted octanol–water partition coefficient (Wildman–Crippen LogP) is 7.98. The van der Waals surface area contributed by atoms with Crippen molar-refractivity contribution >= 4 is 51.6 Å². The van der Waals surface area contributed by atoms with Gasteiger partial charge in [0, 0.05) is 29.3 Å². The number of hydrogen-bond donors (Lipinski definition) is 0. The van der Waals surface area contributed by atoms with E-state index in [0.717, 1.165) is 16.7 Å². The summed E-state index contributed by atoms with van der Waals surface area (Å²) in [6.45, 7) is 8.51. The van der Waals surface area contributed by atoms with Gasteiger partial charge in [0.15, 0.2) is 6.29 Å². The van der Waals surface area contributed by atoms with E-state index < -0.39 is 0 Å². The molecule has 132 valence electrons. The first kappa shape index (κ1) is 17.9. The second kappa shape index (κ2) is 6.89. The summed E-state index contributed by atoms with van der Waals surface area (Å²) in [5.74, 6) is 0. The van der Waals surface area contributed by atoms with Crippen molar-refractivity contribution in [2.24, 2.45) is 0 Å². The van der Waals surface area contributed by atoms with Crippen LogP contribution >= 0.6 is 45.3 Å². The molecule has 0 bridgehead atoms. The predicted molar refractivity (Wildman–Crippen MR) is 119 cm³/mol. The fraction of sp³-hybridized carbons (Fsp3) is 0.190. The van der Waals surface area contributed by atoms with Crippen molar-refractivity contribution in [3.05, 3.63) is 56.8 Å². The Kier molecular flexibility index (Phi) is 4.73. The summed E-state index contributed by atoms with van der Waals surface area (Å²) in [6, 6.07) is 9.00. The van der Waals surface area contributed by atoms with E-state index in [2.05, 4.69) is 50.4 Å². The normalized spacial score (nSPS) is 11.2. The summed E-state index contributed by atoms with van der Waals surface area (Å²) in [5, 5.41) is 2.21. The summed E-state index contributed by atoms with van der Waals surface area (Å²) in [7, 11) is 0. The summed E-state index contributed by atoms with van der Waals surface area (Å²) in [6.07, 6.45) is 0.964. The molecule has 0 aliphatic heterocycles. The summed E-state index contributed by atoms with van der Waals surface area (Å²) in [4.78, 5) is 19.8. The highest BCUT2D eigenvalue weighted by Crippen LogP contribution is 2.46. The fourth-order valence-corrected chi connectivity index (χ4v) is 7.63. The summed E-state index contributed by atoms with van der Waals surface area (Å²) < 4.78 is 0. The monoisotopic (exact) mass is 414 g/mol. The first-order valence-electron chi connectivity index (χ1n) is 8.29. The Morgan fingerprint density at radius 2 is 1.27 bits per heavy atom. The molecule has 0 aromatic carbocycles. The molecular weight excluding hydrogens is 396 g/mol. The number of carbonyl (C=O) groups is 1. The first-order chi connectivity index (χ1) is 12.5. The minimum absolute atomic E-state index is 0.830. The molecule has 0 aliphatic carbocycles. The van der Waals surface area contributed by atoms with Crippen molar-refractivity contribution < 1.29 is 4.79 Å².